The standard InChI is InChI=1S/C8H8BrFO3/c1-13-8-6(12)2-5(9)4(3-11)7(8)10/h2,11-12H,3H2,1H3. The van der Waals surface area contributed by atoms with Gasteiger partial charge in [-0.3, -0.25) is 0 Å². The maximum absolute atomic E-state index is 13.3. The summed E-state index contributed by atoms with van der Waals surface area (Å²) in [7, 11) is 1.24. The van der Waals surface area contributed by atoms with Gasteiger partial charge in [0.2, 0.25) is 0 Å². The number of methoxy groups -OCH3 is 1. The van der Waals surface area contributed by atoms with Gasteiger partial charge in [-0.05, 0) is 6.07 Å². The zero-order valence-corrected chi connectivity index (χ0v) is 8.43. The predicted octanol–water partition coefficient (Wildman–Crippen LogP) is 1.79. The monoisotopic (exact) mass is 250 g/mol. The first kappa shape index (κ1) is 10.3. The van der Waals surface area contributed by atoms with Crippen LogP contribution in [0.15, 0.2) is 10.5 Å². The highest BCUT2D eigenvalue weighted by molar-refractivity contribution is 9.10. The average Bonchev–Trinajstić information content (AvgIpc) is 2.04. The minimum absolute atomic E-state index is 0.0645. The van der Waals surface area contributed by atoms with Crippen LogP contribution in [-0.4, -0.2) is 17.3 Å². The van der Waals surface area contributed by atoms with Crippen LogP contribution in [0.3, 0.4) is 0 Å². The molecule has 0 aliphatic carbocycles. The Kier molecular flexibility index (Phi) is 3.11. The van der Waals surface area contributed by atoms with Gasteiger partial charge in [-0.2, -0.15) is 0 Å². The molecule has 0 aromatic heterocycles. The van der Waals surface area contributed by atoms with Crippen molar-refractivity contribution in [2.24, 2.45) is 0 Å². The largest absolute Gasteiger partial charge is 0.504 e. The van der Waals surface area contributed by atoms with Crippen molar-refractivity contribution >= 4 is 15.9 Å². The van der Waals surface area contributed by atoms with Gasteiger partial charge >= 0.3 is 0 Å². The molecule has 5 heteroatoms. The van der Waals surface area contributed by atoms with Crippen molar-refractivity contribution in [3.8, 4) is 11.5 Å². The fourth-order valence-corrected chi connectivity index (χ4v) is 1.48. The van der Waals surface area contributed by atoms with Crippen LogP contribution in [0.25, 0.3) is 0 Å². The summed E-state index contributed by atoms with van der Waals surface area (Å²) in [5.41, 5.74) is 0.0645. The Hall–Kier alpha value is -0.810. The first-order chi connectivity index (χ1) is 6.11. The van der Waals surface area contributed by atoms with E-state index < -0.39 is 12.4 Å². The van der Waals surface area contributed by atoms with Crippen LogP contribution >= 0.6 is 15.9 Å². The van der Waals surface area contributed by atoms with E-state index in [1.54, 1.807) is 0 Å². The SMILES string of the molecule is COc1c(O)cc(Br)c(CO)c1F. The van der Waals surface area contributed by atoms with E-state index >= 15 is 0 Å². The third kappa shape index (κ3) is 1.76. The molecule has 0 amide bonds. The van der Waals surface area contributed by atoms with Gasteiger partial charge in [0.25, 0.3) is 0 Å². The Morgan fingerprint density at radius 2 is 2.23 bits per heavy atom. The summed E-state index contributed by atoms with van der Waals surface area (Å²) >= 11 is 3.01. The lowest BCUT2D eigenvalue weighted by molar-refractivity contribution is 0.270. The Bertz CT molecular complexity index is 299. The predicted molar refractivity (Wildman–Crippen MR) is 48.2 cm³/mol. The molecule has 0 aliphatic rings. The molecule has 0 radical (unpaired) electrons. The van der Waals surface area contributed by atoms with Gasteiger partial charge in [0.15, 0.2) is 17.3 Å². The molecule has 0 fully saturated rings. The van der Waals surface area contributed by atoms with Gasteiger partial charge in [-0.1, -0.05) is 15.9 Å². The molecule has 0 bridgehead atoms. The van der Waals surface area contributed by atoms with Crippen molar-refractivity contribution in [2.75, 3.05) is 7.11 Å². The Labute approximate surface area is 82.9 Å². The minimum atomic E-state index is -0.753. The molecule has 0 spiro atoms. The van der Waals surface area contributed by atoms with Crippen LogP contribution in [0.5, 0.6) is 11.5 Å². The average molecular weight is 251 g/mol. The molecule has 1 aromatic rings. The summed E-state index contributed by atoms with van der Waals surface area (Å²) < 4.78 is 18.2. The molecule has 0 unspecified atom stereocenters. The van der Waals surface area contributed by atoms with Gasteiger partial charge in [0.1, 0.15) is 0 Å². The number of phenols is 1. The first-order valence-electron chi connectivity index (χ1n) is 3.46. The second kappa shape index (κ2) is 3.93. The fourth-order valence-electron chi connectivity index (χ4n) is 0.966. The quantitative estimate of drug-likeness (QED) is 0.842. The van der Waals surface area contributed by atoms with Gasteiger partial charge in [0.05, 0.1) is 13.7 Å². The topological polar surface area (TPSA) is 49.7 Å². The maximum atomic E-state index is 13.3. The van der Waals surface area contributed by atoms with Crippen molar-refractivity contribution in [3.05, 3.63) is 21.9 Å². The van der Waals surface area contributed by atoms with Crippen molar-refractivity contribution < 1.29 is 19.3 Å². The number of hydrogen-bond donors (Lipinski definition) is 2. The number of hydrogen-bond acceptors (Lipinski definition) is 3. The highest BCUT2D eigenvalue weighted by Crippen LogP contribution is 2.35. The van der Waals surface area contributed by atoms with E-state index in [1.807, 2.05) is 0 Å². The van der Waals surface area contributed by atoms with Gasteiger partial charge in [0, 0.05) is 10.0 Å². The number of aromatic hydroxyl groups is 1. The van der Waals surface area contributed by atoms with E-state index in [2.05, 4.69) is 20.7 Å². The van der Waals surface area contributed by atoms with E-state index in [9.17, 15) is 9.50 Å². The molecule has 0 heterocycles. The number of aliphatic hydroxyl groups excluding tert-OH is 1. The minimum Gasteiger partial charge on any atom is -0.504 e. The number of benzene rings is 1. The number of rotatable bonds is 2. The molecule has 2 N–H and O–H groups in total. The molecule has 1 rings (SSSR count). The molecule has 0 aliphatic heterocycles. The number of ether oxygens (including phenoxy) is 1. The Morgan fingerprint density at radius 1 is 1.62 bits per heavy atom. The zero-order valence-electron chi connectivity index (χ0n) is 6.84. The third-order valence-corrected chi connectivity index (χ3v) is 2.32. The number of phenolic OH excluding ortho intramolecular Hbond substituents is 1. The molecule has 1 aromatic carbocycles. The van der Waals surface area contributed by atoms with Crippen LogP contribution < -0.4 is 4.74 Å². The molecule has 72 valence electrons. The van der Waals surface area contributed by atoms with Crippen LogP contribution in [-0.2, 0) is 6.61 Å². The summed E-state index contributed by atoms with van der Waals surface area (Å²) in [6.45, 7) is -0.455. The van der Waals surface area contributed by atoms with E-state index in [4.69, 9.17) is 5.11 Å². The maximum Gasteiger partial charge on any atom is 0.197 e. The van der Waals surface area contributed by atoms with Crippen molar-refractivity contribution in [1.29, 1.82) is 0 Å². The van der Waals surface area contributed by atoms with Gasteiger partial charge in [-0.25, -0.2) is 4.39 Å². The zero-order chi connectivity index (χ0) is 10.0. The summed E-state index contributed by atoms with van der Waals surface area (Å²) in [6, 6.07) is 1.27. The van der Waals surface area contributed by atoms with Crippen LogP contribution in [0, 0.1) is 5.82 Å². The Morgan fingerprint density at radius 3 is 2.69 bits per heavy atom. The molecule has 3 nitrogen and oxygen atoms in total. The second-order valence-electron chi connectivity index (χ2n) is 2.36. The molecule has 0 saturated heterocycles. The molecular formula is C8H8BrFO3. The summed E-state index contributed by atoms with van der Waals surface area (Å²) in [5.74, 6) is -1.31. The normalized spacial score (nSPS) is 10.2. The smallest absolute Gasteiger partial charge is 0.197 e. The number of aliphatic hydroxyl groups is 1. The highest BCUT2D eigenvalue weighted by Gasteiger charge is 2.16. The van der Waals surface area contributed by atoms with Crippen molar-refractivity contribution in [3.63, 3.8) is 0 Å². The lowest BCUT2D eigenvalue weighted by atomic mass is 10.2. The van der Waals surface area contributed by atoms with Gasteiger partial charge in [-0.15, -0.1) is 0 Å². The van der Waals surface area contributed by atoms with Crippen molar-refractivity contribution in [1.82, 2.24) is 0 Å². The fraction of sp³-hybridized carbons (Fsp3) is 0.250. The summed E-state index contributed by atoms with van der Waals surface area (Å²) in [5, 5.41) is 18.0. The third-order valence-electron chi connectivity index (χ3n) is 1.61. The Balaban J connectivity index is 3.39. The molecule has 0 atom stereocenters. The van der Waals surface area contributed by atoms with Gasteiger partial charge < -0.3 is 14.9 Å². The summed E-state index contributed by atoms with van der Waals surface area (Å²) in [4.78, 5) is 0. The summed E-state index contributed by atoms with van der Waals surface area (Å²) in [6.07, 6.45) is 0. The molecule has 0 saturated carbocycles. The number of halogens is 2. The van der Waals surface area contributed by atoms with Crippen molar-refractivity contribution in [2.45, 2.75) is 6.61 Å². The highest BCUT2D eigenvalue weighted by atomic mass is 79.9. The van der Waals surface area contributed by atoms with E-state index in [-0.39, 0.29) is 17.1 Å². The van der Waals surface area contributed by atoms with Crippen LogP contribution in [0.4, 0.5) is 4.39 Å². The van der Waals surface area contributed by atoms with E-state index in [0.29, 0.717) is 4.47 Å². The van der Waals surface area contributed by atoms with E-state index in [0.717, 1.165) is 0 Å². The first-order valence-corrected chi connectivity index (χ1v) is 4.25. The lowest BCUT2D eigenvalue weighted by Gasteiger charge is -2.09. The van der Waals surface area contributed by atoms with Crippen LogP contribution in [0.2, 0.25) is 0 Å². The molecular weight excluding hydrogens is 243 g/mol. The molecule has 13 heavy (non-hydrogen) atoms. The van der Waals surface area contributed by atoms with E-state index in [1.165, 1.54) is 13.2 Å². The second-order valence-corrected chi connectivity index (χ2v) is 3.22. The van der Waals surface area contributed by atoms with Crippen LogP contribution in [0.1, 0.15) is 5.56 Å². The lowest BCUT2D eigenvalue weighted by Crippen LogP contribution is -1.96.